The zero-order valence-electron chi connectivity index (χ0n) is 12.4. The van der Waals surface area contributed by atoms with Crippen molar-refractivity contribution in [1.29, 1.82) is 0 Å². The smallest absolute Gasteiger partial charge is 0.233 e. The maximum Gasteiger partial charge on any atom is 0.233 e. The molecule has 1 aromatic carbocycles. The van der Waals surface area contributed by atoms with E-state index in [2.05, 4.69) is 4.99 Å². The summed E-state index contributed by atoms with van der Waals surface area (Å²) in [6.07, 6.45) is 0.991. The number of likely N-dealkylation sites (tertiary alicyclic amines) is 1. The van der Waals surface area contributed by atoms with E-state index in [9.17, 15) is 9.59 Å². The van der Waals surface area contributed by atoms with Gasteiger partial charge in [-0.05, 0) is 18.6 Å². The molecule has 2 rings (SSSR count). The molecule has 0 atom stereocenters. The first-order chi connectivity index (χ1) is 9.31. The minimum Gasteiger partial charge on any atom is -0.303 e. The molecule has 1 heterocycles. The molecule has 1 fully saturated rings. The number of aliphatic imine (C=N–C) groups is 1. The monoisotopic (exact) mass is 272 g/mol. The Bertz CT molecular complexity index is 588. The lowest BCUT2D eigenvalue weighted by molar-refractivity contribution is -0.132. The molecule has 1 aliphatic heterocycles. The van der Waals surface area contributed by atoms with Crippen LogP contribution in [0.15, 0.2) is 29.3 Å². The summed E-state index contributed by atoms with van der Waals surface area (Å²) in [5, 5.41) is 0. The van der Waals surface area contributed by atoms with Gasteiger partial charge >= 0.3 is 0 Å². The molecule has 4 heteroatoms. The molecule has 1 aromatic rings. The highest BCUT2D eigenvalue weighted by Gasteiger charge is 2.41. The minimum atomic E-state index is -0.400. The number of nitrogens with zero attached hydrogens (tertiary/aromatic N) is 2. The number of ketones is 1. The number of carbonyl (C=O) groups is 2. The van der Waals surface area contributed by atoms with E-state index in [0.717, 1.165) is 17.1 Å². The normalized spacial score (nSPS) is 19.7. The van der Waals surface area contributed by atoms with Gasteiger partial charge in [-0.25, -0.2) is 4.99 Å². The fourth-order valence-electron chi connectivity index (χ4n) is 2.45. The van der Waals surface area contributed by atoms with Crippen molar-refractivity contribution in [3.05, 3.63) is 29.8 Å². The van der Waals surface area contributed by atoms with Crippen LogP contribution in [0.2, 0.25) is 0 Å². The van der Waals surface area contributed by atoms with Gasteiger partial charge in [0.1, 0.15) is 11.6 Å². The average Bonchev–Trinajstić information content (AvgIpc) is 2.55. The number of hydrogen-bond donors (Lipinski definition) is 0. The Kier molecular flexibility index (Phi) is 3.75. The number of para-hydroxylation sites is 1. The molecule has 1 saturated heterocycles. The van der Waals surface area contributed by atoms with Gasteiger partial charge in [0.25, 0.3) is 0 Å². The maximum absolute atomic E-state index is 12.1. The first kappa shape index (κ1) is 14.4. The average molecular weight is 272 g/mol. The van der Waals surface area contributed by atoms with E-state index < -0.39 is 5.41 Å². The Morgan fingerprint density at radius 3 is 2.55 bits per heavy atom. The number of hydrogen-bond acceptors (Lipinski definition) is 3. The molecule has 106 valence electrons. The van der Waals surface area contributed by atoms with Crippen LogP contribution < -0.4 is 0 Å². The summed E-state index contributed by atoms with van der Waals surface area (Å²) in [5.41, 5.74) is 1.27. The zero-order chi connectivity index (χ0) is 14.9. The van der Waals surface area contributed by atoms with Crippen LogP contribution in [0, 0.1) is 5.41 Å². The maximum atomic E-state index is 12.1. The molecular formula is C16H20N2O2. The summed E-state index contributed by atoms with van der Waals surface area (Å²) < 4.78 is 0. The predicted octanol–water partition coefficient (Wildman–Crippen LogP) is 2.74. The molecule has 0 spiro atoms. The van der Waals surface area contributed by atoms with Gasteiger partial charge in [0.05, 0.1) is 11.1 Å². The fraction of sp³-hybridized carbons (Fsp3) is 0.438. The molecule has 0 aromatic heterocycles. The molecule has 0 radical (unpaired) electrons. The highest BCUT2D eigenvalue weighted by molar-refractivity contribution is 6.08. The molecule has 1 amide bonds. The predicted molar refractivity (Wildman–Crippen MR) is 79.1 cm³/mol. The summed E-state index contributed by atoms with van der Waals surface area (Å²) in [6, 6.07) is 7.58. The van der Waals surface area contributed by atoms with E-state index in [1.807, 2.05) is 38.1 Å². The van der Waals surface area contributed by atoms with Crippen LogP contribution in [0.4, 0.5) is 5.69 Å². The van der Waals surface area contributed by atoms with E-state index in [0.29, 0.717) is 12.8 Å². The van der Waals surface area contributed by atoms with Gasteiger partial charge in [0, 0.05) is 19.9 Å². The largest absolute Gasteiger partial charge is 0.303 e. The summed E-state index contributed by atoms with van der Waals surface area (Å²) in [6.45, 7) is 5.42. The van der Waals surface area contributed by atoms with Crippen molar-refractivity contribution in [3.63, 3.8) is 0 Å². The number of benzene rings is 1. The van der Waals surface area contributed by atoms with Crippen LogP contribution in [0.25, 0.3) is 0 Å². The molecule has 0 bridgehead atoms. The fourth-order valence-corrected chi connectivity index (χ4v) is 2.45. The zero-order valence-corrected chi connectivity index (χ0v) is 12.4. The topological polar surface area (TPSA) is 49.7 Å². The van der Waals surface area contributed by atoms with Gasteiger partial charge < -0.3 is 4.90 Å². The van der Waals surface area contributed by atoms with Crippen LogP contribution >= 0.6 is 0 Å². The van der Waals surface area contributed by atoms with E-state index >= 15 is 0 Å². The first-order valence-electron chi connectivity index (χ1n) is 6.74. The number of amidine groups is 1. The molecule has 0 unspecified atom stereocenters. The second kappa shape index (κ2) is 5.19. The first-order valence-corrected chi connectivity index (χ1v) is 6.74. The van der Waals surface area contributed by atoms with Crippen molar-refractivity contribution in [2.45, 2.75) is 33.6 Å². The SMILES string of the molecule is CC(=O)Cc1ccccc1N=C1CC(C)(C)C(=O)N1C. The molecule has 4 nitrogen and oxygen atoms in total. The highest BCUT2D eigenvalue weighted by atomic mass is 16.2. The molecule has 0 aliphatic carbocycles. The van der Waals surface area contributed by atoms with E-state index in [-0.39, 0.29) is 11.7 Å². The Labute approximate surface area is 119 Å². The molecular weight excluding hydrogens is 252 g/mol. The lowest BCUT2D eigenvalue weighted by Crippen LogP contribution is -2.29. The minimum absolute atomic E-state index is 0.0836. The number of rotatable bonds is 3. The van der Waals surface area contributed by atoms with Crippen LogP contribution in [0.1, 0.15) is 32.8 Å². The Morgan fingerprint density at radius 2 is 2.00 bits per heavy atom. The standard InChI is InChI=1S/C16H20N2O2/c1-11(19)9-12-7-5-6-8-13(12)17-14-10-16(2,3)15(20)18(14)4/h5-8H,9-10H2,1-4H3. The third-order valence-corrected chi connectivity index (χ3v) is 3.55. The third kappa shape index (κ3) is 2.79. The van der Waals surface area contributed by atoms with Crippen molar-refractivity contribution in [2.24, 2.45) is 10.4 Å². The van der Waals surface area contributed by atoms with Gasteiger partial charge in [-0.3, -0.25) is 9.59 Å². The molecule has 1 aliphatic rings. The lowest BCUT2D eigenvalue weighted by atomic mass is 9.92. The second-order valence-electron chi connectivity index (χ2n) is 5.96. The van der Waals surface area contributed by atoms with Crippen LogP contribution in [0.5, 0.6) is 0 Å². The van der Waals surface area contributed by atoms with Crippen LogP contribution in [0.3, 0.4) is 0 Å². The van der Waals surface area contributed by atoms with Crippen molar-refractivity contribution in [1.82, 2.24) is 4.90 Å². The molecule has 0 N–H and O–H groups in total. The van der Waals surface area contributed by atoms with Crippen molar-refractivity contribution in [3.8, 4) is 0 Å². The van der Waals surface area contributed by atoms with E-state index in [4.69, 9.17) is 0 Å². The highest BCUT2D eigenvalue weighted by Crippen LogP contribution is 2.33. The Hall–Kier alpha value is -1.97. The Balaban J connectivity index is 2.37. The second-order valence-corrected chi connectivity index (χ2v) is 5.96. The summed E-state index contributed by atoms with van der Waals surface area (Å²) in [5.74, 6) is 0.949. The third-order valence-electron chi connectivity index (χ3n) is 3.55. The van der Waals surface area contributed by atoms with Crippen molar-refractivity contribution in [2.75, 3.05) is 7.05 Å². The summed E-state index contributed by atoms with van der Waals surface area (Å²) >= 11 is 0. The van der Waals surface area contributed by atoms with Gasteiger partial charge in [-0.1, -0.05) is 32.0 Å². The molecule has 0 saturated carbocycles. The van der Waals surface area contributed by atoms with Gasteiger partial charge in [-0.15, -0.1) is 0 Å². The number of amides is 1. The van der Waals surface area contributed by atoms with Crippen molar-refractivity contribution < 1.29 is 9.59 Å². The summed E-state index contributed by atoms with van der Waals surface area (Å²) in [7, 11) is 1.75. The lowest BCUT2D eigenvalue weighted by Gasteiger charge is -2.13. The number of carbonyl (C=O) groups excluding carboxylic acids is 2. The van der Waals surface area contributed by atoms with Gasteiger partial charge in [-0.2, -0.15) is 0 Å². The van der Waals surface area contributed by atoms with Crippen LogP contribution in [-0.2, 0) is 16.0 Å². The summed E-state index contributed by atoms with van der Waals surface area (Å²) in [4.78, 5) is 29.6. The quantitative estimate of drug-likeness (QED) is 0.849. The van der Waals surface area contributed by atoms with Gasteiger partial charge in [0.2, 0.25) is 5.91 Å². The Morgan fingerprint density at radius 1 is 1.35 bits per heavy atom. The van der Waals surface area contributed by atoms with E-state index in [1.54, 1.807) is 18.9 Å². The van der Waals surface area contributed by atoms with Crippen LogP contribution in [-0.4, -0.2) is 29.5 Å². The van der Waals surface area contributed by atoms with E-state index in [1.165, 1.54) is 0 Å². The number of Topliss-reactive ketones (excluding diaryl/α,β-unsaturated/α-hetero) is 1. The van der Waals surface area contributed by atoms with Crippen molar-refractivity contribution >= 4 is 23.2 Å². The molecule has 20 heavy (non-hydrogen) atoms. The van der Waals surface area contributed by atoms with Gasteiger partial charge in [0.15, 0.2) is 0 Å².